The van der Waals surface area contributed by atoms with Crippen molar-refractivity contribution in [3.05, 3.63) is 18.5 Å². The summed E-state index contributed by atoms with van der Waals surface area (Å²) < 4.78 is 4.43. The molecule has 0 amide bonds. The second kappa shape index (κ2) is 8.37. The SMILES string of the molecule is CCCCCCCCCCn1ccc[n+]1C. The van der Waals surface area contributed by atoms with Gasteiger partial charge < -0.3 is 0 Å². The van der Waals surface area contributed by atoms with E-state index in [9.17, 15) is 0 Å². The molecule has 1 aromatic rings. The van der Waals surface area contributed by atoms with E-state index in [4.69, 9.17) is 0 Å². The predicted octanol–water partition coefficient (Wildman–Crippen LogP) is 3.45. The van der Waals surface area contributed by atoms with Crippen LogP contribution in [0.2, 0.25) is 0 Å². The normalized spacial score (nSPS) is 10.9. The van der Waals surface area contributed by atoms with Crippen molar-refractivity contribution in [1.29, 1.82) is 0 Å². The van der Waals surface area contributed by atoms with Crippen LogP contribution in [0.5, 0.6) is 0 Å². The van der Waals surface area contributed by atoms with Crippen molar-refractivity contribution < 1.29 is 4.68 Å². The van der Waals surface area contributed by atoms with Crippen molar-refractivity contribution in [2.24, 2.45) is 7.05 Å². The summed E-state index contributed by atoms with van der Waals surface area (Å²) in [4.78, 5) is 0. The molecule has 0 unspecified atom stereocenters. The Morgan fingerprint density at radius 2 is 1.56 bits per heavy atom. The van der Waals surface area contributed by atoms with Crippen molar-refractivity contribution in [3.63, 3.8) is 0 Å². The summed E-state index contributed by atoms with van der Waals surface area (Å²) >= 11 is 0. The van der Waals surface area contributed by atoms with Crippen molar-refractivity contribution in [3.8, 4) is 0 Å². The van der Waals surface area contributed by atoms with Gasteiger partial charge in [-0.15, -0.1) is 4.68 Å². The highest BCUT2D eigenvalue weighted by molar-refractivity contribution is 4.71. The Kier molecular flexibility index (Phi) is 6.95. The molecule has 0 saturated heterocycles. The minimum atomic E-state index is 1.17. The van der Waals surface area contributed by atoms with Crippen LogP contribution in [0.3, 0.4) is 0 Å². The third-order valence-corrected chi connectivity index (χ3v) is 3.21. The maximum Gasteiger partial charge on any atom is 0.195 e. The molecular weight excluding hydrogens is 196 g/mol. The maximum atomic E-state index is 2.27. The third-order valence-electron chi connectivity index (χ3n) is 3.21. The number of hydrogen-bond acceptors (Lipinski definition) is 0. The van der Waals surface area contributed by atoms with Crippen molar-refractivity contribution >= 4 is 0 Å². The Labute approximate surface area is 100 Å². The highest BCUT2D eigenvalue weighted by atomic mass is 15.4. The first-order chi connectivity index (χ1) is 7.84. The first kappa shape index (κ1) is 13.3. The van der Waals surface area contributed by atoms with Crippen molar-refractivity contribution in [2.45, 2.75) is 64.8 Å². The molecule has 0 spiro atoms. The number of aryl methyl sites for hydroxylation is 2. The zero-order chi connectivity index (χ0) is 11.6. The molecule has 0 aliphatic rings. The molecule has 2 heteroatoms. The lowest BCUT2D eigenvalue weighted by atomic mass is 10.1. The van der Waals surface area contributed by atoms with E-state index in [0.717, 1.165) is 0 Å². The van der Waals surface area contributed by atoms with Gasteiger partial charge in [-0.3, -0.25) is 0 Å². The van der Waals surface area contributed by atoms with E-state index in [0.29, 0.717) is 0 Å². The Hall–Kier alpha value is -0.790. The average Bonchev–Trinajstić information content (AvgIpc) is 2.68. The lowest BCUT2D eigenvalue weighted by molar-refractivity contribution is -0.753. The standard InChI is InChI=1S/C14H27N2/c1-3-4-5-6-7-8-9-10-13-16-14-11-12-15(16)2/h11-12,14H,3-10,13H2,1-2H3/q+1. The zero-order valence-corrected chi connectivity index (χ0v) is 11.0. The molecule has 0 atom stereocenters. The average molecular weight is 223 g/mol. The van der Waals surface area contributed by atoms with Gasteiger partial charge in [0, 0.05) is 6.07 Å². The van der Waals surface area contributed by atoms with Crippen LogP contribution in [-0.2, 0) is 13.6 Å². The lowest BCUT2D eigenvalue weighted by Gasteiger charge is -2.01. The molecule has 92 valence electrons. The summed E-state index contributed by atoms with van der Waals surface area (Å²) in [6.07, 6.45) is 15.4. The second-order valence-corrected chi connectivity index (χ2v) is 4.70. The first-order valence-electron chi connectivity index (χ1n) is 6.85. The first-order valence-corrected chi connectivity index (χ1v) is 6.85. The molecule has 16 heavy (non-hydrogen) atoms. The minimum absolute atomic E-state index is 1.17. The molecule has 0 aliphatic heterocycles. The fourth-order valence-electron chi connectivity index (χ4n) is 2.09. The predicted molar refractivity (Wildman–Crippen MR) is 68.2 cm³/mol. The van der Waals surface area contributed by atoms with Gasteiger partial charge in [-0.1, -0.05) is 51.9 Å². The van der Waals surface area contributed by atoms with Gasteiger partial charge in [0.1, 0.15) is 0 Å². The summed E-state index contributed by atoms with van der Waals surface area (Å²) in [5.74, 6) is 0. The van der Waals surface area contributed by atoms with Crippen LogP contribution in [0.15, 0.2) is 18.5 Å². The largest absolute Gasteiger partial charge is 0.195 e. The van der Waals surface area contributed by atoms with Gasteiger partial charge in [0.05, 0.1) is 12.7 Å². The molecule has 2 nitrogen and oxygen atoms in total. The molecule has 0 fully saturated rings. The van der Waals surface area contributed by atoms with E-state index >= 15 is 0 Å². The van der Waals surface area contributed by atoms with Gasteiger partial charge in [-0.2, -0.15) is 4.68 Å². The van der Waals surface area contributed by atoms with Gasteiger partial charge in [-0.25, -0.2) is 0 Å². The highest BCUT2D eigenvalue weighted by Gasteiger charge is 2.00. The molecule has 0 N–H and O–H groups in total. The van der Waals surface area contributed by atoms with Crippen molar-refractivity contribution in [1.82, 2.24) is 4.68 Å². The molecule has 0 radical (unpaired) electrons. The molecule has 1 heterocycles. The van der Waals surface area contributed by atoms with Crippen LogP contribution >= 0.6 is 0 Å². The van der Waals surface area contributed by atoms with E-state index in [1.54, 1.807) is 0 Å². The van der Waals surface area contributed by atoms with Crippen LogP contribution in [0.25, 0.3) is 0 Å². The van der Waals surface area contributed by atoms with E-state index in [2.05, 4.69) is 41.8 Å². The minimum Gasteiger partial charge on any atom is -0.161 e. The summed E-state index contributed by atoms with van der Waals surface area (Å²) in [6, 6.07) is 2.10. The summed E-state index contributed by atoms with van der Waals surface area (Å²) in [7, 11) is 2.10. The second-order valence-electron chi connectivity index (χ2n) is 4.70. The monoisotopic (exact) mass is 223 g/mol. The number of nitrogens with zero attached hydrogens (tertiary/aromatic N) is 2. The van der Waals surface area contributed by atoms with Gasteiger partial charge in [0.15, 0.2) is 13.2 Å². The van der Waals surface area contributed by atoms with E-state index < -0.39 is 0 Å². The van der Waals surface area contributed by atoms with Gasteiger partial charge >= 0.3 is 0 Å². The van der Waals surface area contributed by atoms with Crippen LogP contribution in [-0.4, -0.2) is 4.68 Å². The topological polar surface area (TPSA) is 8.81 Å². The van der Waals surface area contributed by atoms with Gasteiger partial charge in [0.25, 0.3) is 0 Å². The van der Waals surface area contributed by atoms with Gasteiger partial charge in [-0.05, 0) is 6.42 Å². The third kappa shape index (κ3) is 5.34. The molecule has 0 saturated carbocycles. The highest BCUT2D eigenvalue weighted by Crippen LogP contribution is 2.08. The molecule has 0 aromatic carbocycles. The van der Waals surface area contributed by atoms with Crippen molar-refractivity contribution in [2.75, 3.05) is 0 Å². The summed E-state index contributed by atoms with van der Waals surface area (Å²) in [5.41, 5.74) is 0. The number of unbranched alkanes of at least 4 members (excludes halogenated alkanes) is 7. The number of hydrogen-bond donors (Lipinski definition) is 0. The Morgan fingerprint density at radius 1 is 0.938 bits per heavy atom. The summed E-state index contributed by atoms with van der Waals surface area (Å²) in [6.45, 7) is 3.44. The van der Waals surface area contributed by atoms with Gasteiger partial charge in [0.2, 0.25) is 0 Å². The van der Waals surface area contributed by atoms with Crippen LogP contribution in [0.1, 0.15) is 58.3 Å². The van der Waals surface area contributed by atoms with E-state index in [1.165, 1.54) is 57.9 Å². The quantitative estimate of drug-likeness (QED) is 0.448. The zero-order valence-electron chi connectivity index (χ0n) is 11.0. The Balaban J connectivity index is 1.91. The van der Waals surface area contributed by atoms with E-state index in [1.807, 2.05) is 0 Å². The Morgan fingerprint density at radius 3 is 2.12 bits per heavy atom. The number of rotatable bonds is 9. The molecular formula is C14H27N2+. The molecule has 1 aromatic heterocycles. The smallest absolute Gasteiger partial charge is 0.161 e. The Bertz CT molecular complexity index is 265. The maximum absolute atomic E-state index is 2.27. The number of aromatic nitrogens is 2. The fourth-order valence-corrected chi connectivity index (χ4v) is 2.09. The van der Waals surface area contributed by atoms with Crippen LogP contribution < -0.4 is 4.68 Å². The molecule has 0 bridgehead atoms. The molecule has 0 aliphatic carbocycles. The fraction of sp³-hybridized carbons (Fsp3) is 0.786. The molecule has 1 rings (SSSR count). The van der Waals surface area contributed by atoms with Crippen LogP contribution in [0, 0.1) is 0 Å². The lowest BCUT2D eigenvalue weighted by Crippen LogP contribution is -2.37. The van der Waals surface area contributed by atoms with Crippen LogP contribution in [0.4, 0.5) is 0 Å². The summed E-state index contributed by atoms with van der Waals surface area (Å²) in [5, 5.41) is 0. The van der Waals surface area contributed by atoms with E-state index in [-0.39, 0.29) is 0 Å².